The summed E-state index contributed by atoms with van der Waals surface area (Å²) >= 11 is 0. The van der Waals surface area contributed by atoms with E-state index in [1.165, 1.54) is 12.1 Å². The minimum absolute atomic E-state index is 0.211. The number of amides is 3. The molecule has 2 aromatic rings. The van der Waals surface area contributed by atoms with Crippen LogP contribution in [-0.4, -0.2) is 50.8 Å². The average molecular weight is 474 g/mol. The molecule has 180 valence electrons. The molecule has 0 saturated carbocycles. The van der Waals surface area contributed by atoms with E-state index >= 15 is 0 Å². The zero-order valence-electron chi connectivity index (χ0n) is 18.4. The van der Waals surface area contributed by atoms with Crippen molar-refractivity contribution in [1.29, 1.82) is 0 Å². The molecule has 3 saturated heterocycles. The molecule has 3 amide bonds. The number of alkyl halides is 3. The smallest absolute Gasteiger partial charge is 0.380 e. The molecule has 0 aromatic heterocycles. The Labute approximate surface area is 194 Å². The van der Waals surface area contributed by atoms with Crippen LogP contribution in [0.1, 0.15) is 18.4 Å². The molecule has 3 fully saturated rings. The summed E-state index contributed by atoms with van der Waals surface area (Å²) in [4.78, 5) is 29.3. The van der Waals surface area contributed by atoms with Crippen molar-refractivity contribution >= 4 is 29.0 Å². The molecule has 2 aromatic carbocycles. The van der Waals surface area contributed by atoms with Crippen molar-refractivity contribution in [3.05, 3.63) is 54.1 Å². The number of nitrogens with zero attached hydrogens (tertiary/aromatic N) is 2. The highest BCUT2D eigenvalue weighted by molar-refractivity contribution is 6.01. The molecule has 0 bridgehead atoms. The predicted octanol–water partition coefficient (Wildman–Crippen LogP) is 3.86. The molecule has 0 radical (unpaired) electrons. The Morgan fingerprint density at radius 2 is 1.65 bits per heavy atom. The summed E-state index contributed by atoms with van der Waals surface area (Å²) in [6, 6.07) is 10.6. The molecule has 34 heavy (non-hydrogen) atoms. The Morgan fingerprint density at radius 3 is 2.24 bits per heavy atom. The van der Waals surface area contributed by atoms with E-state index in [1.807, 2.05) is 24.3 Å². The number of urea groups is 1. The normalized spacial score (nSPS) is 21.6. The lowest BCUT2D eigenvalue weighted by Gasteiger charge is -2.56. The van der Waals surface area contributed by atoms with E-state index in [1.54, 1.807) is 4.90 Å². The molecular weight excluding hydrogens is 449 g/mol. The maximum atomic E-state index is 13.0. The number of hydrogen-bond acceptors (Lipinski definition) is 4. The van der Waals surface area contributed by atoms with Gasteiger partial charge in [0.25, 0.3) is 0 Å². The number of rotatable bonds is 4. The summed E-state index contributed by atoms with van der Waals surface area (Å²) in [5.41, 5.74) is 1.61. The quantitative estimate of drug-likeness (QED) is 0.706. The third-order valence-electron chi connectivity index (χ3n) is 6.61. The van der Waals surface area contributed by atoms with Gasteiger partial charge in [-0.1, -0.05) is 0 Å². The summed E-state index contributed by atoms with van der Waals surface area (Å²) < 4.78 is 43.4. The van der Waals surface area contributed by atoms with E-state index in [-0.39, 0.29) is 11.6 Å². The van der Waals surface area contributed by atoms with Gasteiger partial charge >= 0.3 is 12.2 Å². The van der Waals surface area contributed by atoms with Gasteiger partial charge in [-0.25, -0.2) is 4.79 Å². The second kappa shape index (κ2) is 8.50. The van der Waals surface area contributed by atoms with Gasteiger partial charge in [0.05, 0.1) is 24.2 Å². The van der Waals surface area contributed by atoms with Gasteiger partial charge in [-0.2, -0.15) is 13.2 Å². The van der Waals surface area contributed by atoms with Gasteiger partial charge in [0.2, 0.25) is 5.91 Å². The molecule has 5 rings (SSSR count). The first-order chi connectivity index (χ1) is 16.2. The van der Waals surface area contributed by atoms with Crippen LogP contribution in [-0.2, 0) is 15.7 Å². The van der Waals surface area contributed by atoms with Crippen molar-refractivity contribution in [3.63, 3.8) is 0 Å². The lowest BCUT2D eigenvalue weighted by Crippen LogP contribution is -2.66. The first-order valence-electron chi connectivity index (χ1n) is 11.2. The summed E-state index contributed by atoms with van der Waals surface area (Å²) in [5, 5.41) is 5.14. The molecule has 3 aliphatic heterocycles. The van der Waals surface area contributed by atoms with E-state index < -0.39 is 23.8 Å². The lowest BCUT2D eigenvalue weighted by atomic mass is 9.78. The third-order valence-corrected chi connectivity index (χ3v) is 6.61. The van der Waals surface area contributed by atoms with Gasteiger partial charge in [0.1, 0.15) is 6.04 Å². The SMILES string of the molecule is O=C(Nc1ccc(C(F)(F)F)cc1)N[C@@H]1CCCN(c2ccc(N3CC4(COC4)C3)cc2)C1=O. The first kappa shape index (κ1) is 22.5. The fourth-order valence-corrected chi connectivity index (χ4v) is 4.70. The highest BCUT2D eigenvalue weighted by atomic mass is 19.4. The number of nitrogens with one attached hydrogen (secondary N) is 2. The Balaban J connectivity index is 1.17. The summed E-state index contributed by atoms with van der Waals surface area (Å²) in [6.07, 6.45) is -3.24. The molecule has 0 unspecified atom stereocenters. The van der Waals surface area contributed by atoms with Crippen molar-refractivity contribution in [2.24, 2.45) is 5.41 Å². The van der Waals surface area contributed by atoms with Crippen molar-refractivity contribution in [1.82, 2.24) is 5.32 Å². The number of anilines is 3. The number of halogens is 3. The minimum Gasteiger partial charge on any atom is -0.380 e. The van der Waals surface area contributed by atoms with E-state index in [0.29, 0.717) is 24.8 Å². The fourth-order valence-electron chi connectivity index (χ4n) is 4.70. The van der Waals surface area contributed by atoms with E-state index in [9.17, 15) is 22.8 Å². The molecule has 1 spiro atoms. The van der Waals surface area contributed by atoms with Gasteiger partial charge in [-0.3, -0.25) is 4.79 Å². The fraction of sp³-hybridized carbons (Fsp3) is 0.417. The molecule has 0 aliphatic carbocycles. The topological polar surface area (TPSA) is 73.9 Å². The highest BCUT2D eigenvalue weighted by Crippen LogP contribution is 2.40. The zero-order chi connectivity index (χ0) is 23.9. The van der Waals surface area contributed by atoms with Crippen molar-refractivity contribution in [2.75, 3.05) is 48.0 Å². The average Bonchev–Trinajstić information content (AvgIpc) is 2.74. The van der Waals surface area contributed by atoms with Crippen LogP contribution in [0.5, 0.6) is 0 Å². The number of ether oxygens (including phenoxy) is 1. The second-order valence-corrected chi connectivity index (χ2v) is 9.22. The van der Waals surface area contributed by atoms with Gasteiger partial charge in [0, 0.05) is 36.7 Å². The summed E-state index contributed by atoms with van der Waals surface area (Å²) in [5.74, 6) is -0.212. The molecular formula is C24H25F3N4O3. The molecule has 3 heterocycles. The molecule has 7 nitrogen and oxygen atoms in total. The Bertz CT molecular complexity index is 1060. The van der Waals surface area contributed by atoms with Gasteiger partial charge in [0.15, 0.2) is 0 Å². The molecule has 10 heteroatoms. The van der Waals surface area contributed by atoms with Crippen LogP contribution in [0, 0.1) is 5.41 Å². The van der Waals surface area contributed by atoms with Crippen molar-refractivity contribution in [2.45, 2.75) is 25.1 Å². The largest absolute Gasteiger partial charge is 0.416 e. The van der Waals surface area contributed by atoms with Crippen molar-refractivity contribution in [3.8, 4) is 0 Å². The number of carbonyl (C=O) groups is 2. The van der Waals surface area contributed by atoms with Gasteiger partial charge in [-0.05, 0) is 61.4 Å². The molecule has 1 atom stereocenters. The van der Waals surface area contributed by atoms with E-state index in [4.69, 9.17) is 4.74 Å². The Hall–Kier alpha value is -3.27. The van der Waals surface area contributed by atoms with Crippen LogP contribution in [0.15, 0.2) is 48.5 Å². The first-order valence-corrected chi connectivity index (χ1v) is 11.2. The number of hydrogen-bond donors (Lipinski definition) is 2. The predicted molar refractivity (Wildman–Crippen MR) is 121 cm³/mol. The van der Waals surface area contributed by atoms with E-state index in [0.717, 1.165) is 49.8 Å². The number of piperidine rings is 1. The van der Waals surface area contributed by atoms with Gasteiger partial charge < -0.3 is 25.2 Å². The Kier molecular flexibility index (Phi) is 5.63. The maximum absolute atomic E-state index is 13.0. The lowest BCUT2D eigenvalue weighted by molar-refractivity contribution is -0.137. The standard InChI is InChI=1S/C24H25F3N4O3/c25-24(26,27)16-3-5-17(6-4-16)28-22(33)29-20-2-1-11-31(21(20)32)19-9-7-18(8-10-19)30-12-23(13-30)14-34-15-23/h3-10,20H,1-2,11-15H2,(H2,28,29,33)/t20-/m1/s1. The molecule has 3 aliphatic rings. The van der Waals surface area contributed by atoms with Gasteiger partial charge in [-0.15, -0.1) is 0 Å². The van der Waals surface area contributed by atoms with Crippen LogP contribution in [0.2, 0.25) is 0 Å². The van der Waals surface area contributed by atoms with Crippen LogP contribution >= 0.6 is 0 Å². The minimum atomic E-state index is -4.44. The summed E-state index contributed by atoms with van der Waals surface area (Å²) in [7, 11) is 0. The molecule has 2 N–H and O–H groups in total. The Morgan fingerprint density at radius 1 is 1.00 bits per heavy atom. The summed E-state index contributed by atoms with van der Waals surface area (Å²) in [6.45, 7) is 4.17. The van der Waals surface area contributed by atoms with Crippen molar-refractivity contribution < 1.29 is 27.5 Å². The van der Waals surface area contributed by atoms with E-state index in [2.05, 4.69) is 15.5 Å². The van der Waals surface area contributed by atoms with Crippen LogP contribution in [0.3, 0.4) is 0 Å². The zero-order valence-corrected chi connectivity index (χ0v) is 18.4. The third kappa shape index (κ3) is 4.42. The number of carbonyl (C=O) groups excluding carboxylic acids is 2. The number of benzene rings is 2. The maximum Gasteiger partial charge on any atom is 0.416 e. The monoisotopic (exact) mass is 474 g/mol. The highest BCUT2D eigenvalue weighted by Gasteiger charge is 2.49. The van der Waals surface area contributed by atoms with Crippen LogP contribution < -0.4 is 20.4 Å². The van der Waals surface area contributed by atoms with Crippen LogP contribution in [0.4, 0.5) is 35.0 Å². The van der Waals surface area contributed by atoms with Crippen LogP contribution in [0.25, 0.3) is 0 Å². The second-order valence-electron chi connectivity index (χ2n) is 9.22.